The van der Waals surface area contributed by atoms with Crippen LogP contribution in [0.4, 0.5) is 5.69 Å². The summed E-state index contributed by atoms with van der Waals surface area (Å²) in [6.45, 7) is 2.51. The normalized spacial score (nSPS) is 10.2. The lowest BCUT2D eigenvalue weighted by atomic mass is 10.1. The van der Waals surface area contributed by atoms with Crippen LogP contribution in [0.3, 0.4) is 0 Å². The van der Waals surface area contributed by atoms with Gasteiger partial charge in [0.2, 0.25) is 0 Å². The predicted octanol–water partition coefficient (Wildman–Crippen LogP) is 3.03. The lowest BCUT2D eigenvalue weighted by molar-refractivity contribution is 0.373. The molecule has 3 N–H and O–H groups in total. The van der Waals surface area contributed by atoms with E-state index in [-0.39, 0.29) is 11.5 Å². The number of aryl methyl sites for hydroxylation is 1. The number of phenolic OH excluding ortho intramolecular Hbond substituents is 2. The predicted molar refractivity (Wildman–Crippen MR) is 74.8 cm³/mol. The molecule has 4 nitrogen and oxygen atoms in total. The molecule has 0 amide bonds. The molecule has 0 aliphatic rings. The average Bonchev–Trinajstić information content (AvgIpc) is 2.38. The maximum absolute atomic E-state index is 9.69. The van der Waals surface area contributed by atoms with Crippen molar-refractivity contribution in [2.75, 3.05) is 12.4 Å². The van der Waals surface area contributed by atoms with E-state index in [1.54, 1.807) is 24.3 Å². The Morgan fingerprint density at radius 3 is 2.53 bits per heavy atom. The van der Waals surface area contributed by atoms with Crippen molar-refractivity contribution in [2.24, 2.45) is 0 Å². The van der Waals surface area contributed by atoms with Crippen LogP contribution in [0.15, 0.2) is 36.4 Å². The van der Waals surface area contributed by atoms with Crippen LogP contribution >= 0.6 is 0 Å². The molecule has 0 heterocycles. The molecule has 4 heteroatoms. The minimum Gasteiger partial charge on any atom is -0.508 e. The molecule has 0 bridgehead atoms. The quantitative estimate of drug-likeness (QED) is 0.739. The van der Waals surface area contributed by atoms with Crippen LogP contribution in [0, 0.1) is 6.92 Å². The first-order valence-electron chi connectivity index (χ1n) is 5.99. The van der Waals surface area contributed by atoms with Crippen molar-refractivity contribution in [3.05, 3.63) is 47.5 Å². The number of methoxy groups -OCH3 is 1. The van der Waals surface area contributed by atoms with Gasteiger partial charge in [-0.15, -0.1) is 0 Å². The van der Waals surface area contributed by atoms with Crippen molar-refractivity contribution >= 4 is 5.69 Å². The molecule has 2 aromatic rings. The standard InChI is InChI=1S/C15H17NO3/c1-10-7-12(17)4-5-13(10)16-9-11-3-6-15(19-2)14(18)8-11/h3-8,16-18H,9H2,1-2H3. The van der Waals surface area contributed by atoms with Crippen molar-refractivity contribution in [3.8, 4) is 17.2 Å². The molecule has 0 aliphatic heterocycles. The number of benzene rings is 2. The summed E-state index contributed by atoms with van der Waals surface area (Å²) in [6.07, 6.45) is 0. The Morgan fingerprint density at radius 1 is 1.11 bits per heavy atom. The fraction of sp³-hybridized carbons (Fsp3) is 0.200. The van der Waals surface area contributed by atoms with Gasteiger partial charge in [0.15, 0.2) is 11.5 Å². The highest BCUT2D eigenvalue weighted by atomic mass is 16.5. The van der Waals surface area contributed by atoms with Gasteiger partial charge >= 0.3 is 0 Å². The molecule has 19 heavy (non-hydrogen) atoms. The number of aromatic hydroxyl groups is 2. The fourth-order valence-corrected chi connectivity index (χ4v) is 1.89. The Bertz CT molecular complexity index is 582. The third-order valence-corrected chi connectivity index (χ3v) is 2.94. The summed E-state index contributed by atoms with van der Waals surface area (Å²) in [5.41, 5.74) is 2.87. The van der Waals surface area contributed by atoms with E-state index in [0.717, 1.165) is 16.8 Å². The van der Waals surface area contributed by atoms with Crippen LogP contribution in [0.2, 0.25) is 0 Å². The summed E-state index contributed by atoms with van der Waals surface area (Å²) < 4.78 is 5.00. The highest BCUT2D eigenvalue weighted by molar-refractivity contribution is 5.54. The zero-order valence-corrected chi connectivity index (χ0v) is 11.0. The number of anilines is 1. The maximum atomic E-state index is 9.69. The second-order valence-corrected chi connectivity index (χ2v) is 4.36. The summed E-state index contributed by atoms with van der Waals surface area (Å²) in [4.78, 5) is 0. The first kappa shape index (κ1) is 13.1. The molecule has 0 aliphatic carbocycles. The lowest BCUT2D eigenvalue weighted by Gasteiger charge is -2.11. The minimum absolute atomic E-state index is 0.129. The van der Waals surface area contributed by atoms with E-state index in [1.807, 2.05) is 19.1 Å². The van der Waals surface area contributed by atoms with E-state index in [9.17, 15) is 10.2 Å². The van der Waals surface area contributed by atoms with Crippen molar-refractivity contribution < 1.29 is 14.9 Å². The number of rotatable bonds is 4. The van der Waals surface area contributed by atoms with Gasteiger partial charge in [0.05, 0.1) is 7.11 Å². The molecule has 0 fully saturated rings. The highest BCUT2D eigenvalue weighted by Gasteiger charge is 2.03. The Kier molecular flexibility index (Phi) is 3.80. The van der Waals surface area contributed by atoms with Gasteiger partial charge in [0.1, 0.15) is 5.75 Å². The van der Waals surface area contributed by atoms with Crippen molar-refractivity contribution in [1.82, 2.24) is 0 Å². The molecular formula is C15H17NO3. The number of hydrogen-bond acceptors (Lipinski definition) is 4. The van der Waals surface area contributed by atoms with Gasteiger partial charge in [-0.3, -0.25) is 0 Å². The zero-order chi connectivity index (χ0) is 13.8. The first-order valence-corrected chi connectivity index (χ1v) is 5.99. The molecule has 0 unspecified atom stereocenters. The van der Waals surface area contributed by atoms with Crippen molar-refractivity contribution in [1.29, 1.82) is 0 Å². The first-order chi connectivity index (χ1) is 9.10. The summed E-state index contributed by atoms with van der Waals surface area (Å²) in [5, 5.41) is 22.3. The van der Waals surface area contributed by atoms with E-state index in [2.05, 4.69) is 5.32 Å². The van der Waals surface area contributed by atoms with Crippen LogP contribution in [0.5, 0.6) is 17.2 Å². The monoisotopic (exact) mass is 259 g/mol. The highest BCUT2D eigenvalue weighted by Crippen LogP contribution is 2.27. The van der Waals surface area contributed by atoms with E-state index < -0.39 is 0 Å². The third kappa shape index (κ3) is 3.10. The second kappa shape index (κ2) is 5.52. The van der Waals surface area contributed by atoms with Crippen LogP contribution in [-0.2, 0) is 6.54 Å². The number of hydrogen-bond donors (Lipinski definition) is 3. The Labute approximate surface area is 112 Å². The SMILES string of the molecule is COc1ccc(CNc2ccc(O)cc2C)cc1O. The molecule has 2 rings (SSSR count). The largest absolute Gasteiger partial charge is 0.508 e. The molecule has 0 saturated carbocycles. The molecule has 0 aromatic heterocycles. The molecule has 2 aromatic carbocycles. The smallest absolute Gasteiger partial charge is 0.160 e. The molecule has 0 spiro atoms. The van der Waals surface area contributed by atoms with E-state index >= 15 is 0 Å². The fourth-order valence-electron chi connectivity index (χ4n) is 1.89. The summed E-state index contributed by atoms with van der Waals surface area (Å²) >= 11 is 0. The van der Waals surface area contributed by atoms with Gasteiger partial charge in [-0.2, -0.15) is 0 Å². The van der Waals surface area contributed by atoms with Crippen LogP contribution < -0.4 is 10.1 Å². The molecule has 100 valence electrons. The topological polar surface area (TPSA) is 61.7 Å². The van der Waals surface area contributed by atoms with E-state index in [0.29, 0.717) is 12.3 Å². The van der Waals surface area contributed by atoms with Gasteiger partial charge in [0.25, 0.3) is 0 Å². The Morgan fingerprint density at radius 2 is 1.89 bits per heavy atom. The number of phenols is 2. The lowest BCUT2D eigenvalue weighted by Crippen LogP contribution is -2.01. The Hall–Kier alpha value is -2.36. The van der Waals surface area contributed by atoms with Crippen molar-refractivity contribution in [2.45, 2.75) is 13.5 Å². The second-order valence-electron chi connectivity index (χ2n) is 4.36. The zero-order valence-electron chi connectivity index (χ0n) is 11.0. The molecule has 0 saturated heterocycles. The molecule has 0 radical (unpaired) electrons. The van der Waals surface area contributed by atoms with Gasteiger partial charge < -0.3 is 20.3 Å². The summed E-state index contributed by atoms with van der Waals surface area (Å²) in [5.74, 6) is 0.846. The molecular weight excluding hydrogens is 242 g/mol. The van der Waals surface area contributed by atoms with E-state index in [1.165, 1.54) is 7.11 Å². The van der Waals surface area contributed by atoms with Crippen LogP contribution in [0.25, 0.3) is 0 Å². The number of nitrogens with one attached hydrogen (secondary N) is 1. The molecule has 0 atom stereocenters. The van der Waals surface area contributed by atoms with Crippen LogP contribution in [-0.4, -0.2) is 17.3 Å². The Balaban J connectivity index is 2.08. The van der Waals surface area contributed by atoms with Crippen molar-refractivity contribution in [3.63, 3.8) is 0 Å². The van der Waals surface area contributed by atoms with Gasteiger partial charge in [-0.05, 0) is 48.4 Å². The van der Waals surface area contributed by atoms with Gasteiger partial charge in [-0.25, -0.2) is 0 Å². The van der Waals surface area contributed by atoms with Gasteiger partial charge in [-0.1, -0.05) is 6.07 Å². The minimum atomic E-state index is 0.129. The average molecular weight is 259 g/mol. The third-order valence-electron chi connectivity index (χ3n) is 2.94. The number of ether oxygens (including phenoxy) is 1. The van der Waals surface area contributed by atoms with E-state index in [4.69, 9.17) is 4.74 Å². The summed E-state index contributed by atoms with van der Waals surface area (Å²) in [7, 11) is 1.52. The van der Waals surface area contributed by atoms with Gasteiger partial charge in [0, 0.05) is 12.2 Å². The summed E-state index contributed by atoms with van der Waals surface area (Å²) in [6, 6.07) is 10.5. The maximum Gasteiger partial charge on any atom is 0.160 e. The van der Waals surface area contributed by atoms with Crippen LogP contribution in [0.1, 0.15) is 11.1 Å².